The van der Waals surface area contributed by atoms with Crippen LogP contribution in [-0.4, -0.2) is 23.7 Å². The van der Waals surface area contributed by atoms with Gasteiger partial charge in [0.1, 0.15) is 16.7 Å². The summed E-state index contributed by atoms with van der Waals surface area (Å²) < 4.78 is 22.6. The number of esters is 1. The SMILES string of the molecule is CCOC(=O)C(F)[C@H](N)c1ccc([N+](=O)[O-])o1.Cl. The first kappa shape index (κ1) is 16.3. The van der Waals surface area contributed by atoms with E-state index >= 15 is 0 Å². The lowest BCUT2D eigenvalue weighted by Gasteiger charge is -2.12. The van der Waals surface area contributed by atoms with Gasteiger partial charge in [0.15, 0.2) is 0 Å². The van der Waals surface area contributed by atoms with Crippen LogP contribution in [0.1, 0.15) is 18.7 Å². The van der Waals surface area contributed by atoms with Crippen LogP contribution < -0.4 is 5.73 Å². The quantitative estimate of drug-likeness (QED) is 0.498. The van der Waals surface area contributed by atoms with Gasteiger partial charge in [0, 0.05) is 0 Å². The number of ether oxygens (including phenoxy) is 1. The third-order valence-electron chi connectivity index (χ3n) is 1.95. The van der Waals surface area contributed by atoms with Crippen LogP contribution in [0.2, 0.25) is 0 Å². The minimum atomic E-state index is -2.12. The van der Waals surface area contributed by atoms with Gasteiger partial charge >= 0.3 is 11.9 Å². The number of carbonyl (C=O) groups is 1. The molecule has 0 aliphatic heterocycles. The summed E-state index contributed by atoms with van der Waals surface area (Å²) in [4.78, 5) is 20.6. The summed E-state index contributed by atoms with van der Waals surface area (Å²) >= 11 is 0. The average Bonchev–Trinajstić information content (AvgIpc) is 2.76. The number of nitrogens with two attached hydrogens (primary N) is 1. The summed E-state index contributed by atoms with van der Waals surface area (Å²) in [5, 5.41) is 10.3. The molecule has 0 radical (unpaired) electrons. The predicted octanol–water partition coefficient (Wildman–Crippen LogP) is 1.51. The summed E-state index contributed by atoms with van der Waals surface area (Å²) in [6.45, 7) is 1.54. The van der Waals surface area contributed by atoms with Crippen molar-refractivity contribution in [1.29, 1.82) is 0 Å². The molecule has 0 amide bonds. The third-order valence-corrected chi connectivity index (χ3v) is 1.95. The van der Waals surface area contributed by atoms with E-state index in [1.54, 1.807) is 0 Å². The highest BCUT2D eigenvalue weighted by Crippen LogP contribution is 2.24. The maximum atomic E-state index is 13.4. The van der Waals surface area contributed by atoms with Crippen molar-refractivity contribution in [1.82, 2.24) is 0 Å². The van der Waals surface area contributed by atoms with Crippen molar-refractivity contribution in [3.63, 3.8) is 0 Å². The van der Waals surface area contributed by atoms with Gasteiger partial charge in [-0.2, -0.15) is 0 Å². The Hall–Kier alpha value is -1.67. The fraction of sp³-hybridized carbons (Fsp3) is 0.444. The molecule has 2 atom stereocenters. The first-order valence-electron chi connectivity index (χ1n) is 4.77. The van der Waals surface area contributed by atoms with E-state index in [0.717, 1.165) is 12.1 Å². The molecule has 102 valence electrons. The van der Waals surface area contributed by atoms with Crippen LogP contribution >= 0.6 is 12.4 Å². The Labute approximate surface area is 108 Å². The fourth-order valence-electron chi connectivity index (χ4n) is 1.13. The van der Waals surface area contributed by atoms with E-state index in [0.29, 0.717) is 0 Å². The molecule has 0 aromatic carbocycles. The largest absolute Gasteiger partial charge is 0.464 e. The molecule has 0 spiro atoms. The van der Waals surface area contributed by atoms with Crippen LogP contribution in [0.3, 0.4) is 0 Å². The smallest absolute Gasteiger partial charge is 0.433 e. The normalized spacial score (nSPS) is 13.3. The van der Waals surface area contributed by atoms with E-state index in [9.17, 15) is 19.3 Å². The van der Waals surface area contributed by atoms with Gasteiger partial charge in [0.25, 0.3) is 0 Å². The van der Waals surface area contributed by atoms with Gasteiger partial charge in [-0.25, -0.2) is 9.18 Å². The van der Waals surface area contributed by atoms with Gasteiger partial charge in [-0.05, 0) is 13.0 Å². The molecule has 0 saturated heterocycles. The van der Waals surface area contributed by atoms with Crippen molar-refractivity contribution in [2.75, 3.05) is 6.61 Å². The van der Waals surface area contributed by atoms with Gasteiger partial charge in [-0.1, -0.05) is 0 Å². The lowest BCUT2D eigenvalue weighted by Crippen LogP contribution is -2.31. The Kier molecular flexibility index (Phi) is 6.28. The summed E-state index contributed by atoms with van der Waals surface area (Å²) in [5.41, 5.74) is 5.39. The second kappa shape index (κ2) is 6.92. The van der Waals surface area contributed by atoms with E-state index in [4.69, 9.17) is 5.73 Å². The van der Waals surface area contributed by atoms with Crippen LogP contribution in [0.4, 0.5) is 10.3 Å². The number of nitrogens with zero attached hydrogens (tertiary/aromatic N) is 1. The lowest BCUT2D eigenvalue weighted by molar-refractivity contribution is -0.402. The van der Waals surface area contributed by atoms with Crippen LogP contribution in [0.15, 0.2) is 16.5 Å². The van der Waals surface area contributed by atoms with Crippen LogP contribution in [-0.2, 0) is 9.53 Å². The van der Waals surface area contributed by atoms with E-state index in [-0.39, 0.29) is 24.8 Å². The number of hydrogen-bond acceptors (Lipinski definition) is 6. The molecule has 0 aliphatic rings. The second-order valence-corrected chi connectivity index (χ2v) is 3.11. The van der Waals surface area contributed by atoms with Crippen molar-refractivity contribution >= 4 is 24.3 Å². The maximum Gasteiger partial charge on any atom is 0.433 e. The molecule has 0 aliphatic carbocycles. The molecule has 9 heteroatoms. The Morgan fingerprint density at radius 1 is 1.67 bits per heavy atom. The standard InChI is InChI=1S/C9H11FN2O5.ClH/c1-2-16-9(13)7(10)8(11)5-3-4-6(17-5)12(14)15;/h3-4,7-8H,2,11H2,1H3;1H/t7?,8-;/m1./s1. The highest BCUT2D eigenvalue weighted by Gasteiger charge is 2.31. The second-order valence-electron chi connectivity index (χ2n) is 3.11. The molecule has 1 aromatic heterocycles. The summed E-state index contributed by atoms with van der Waals surface area (Å²) in [6, 6.07) is 0.754. The molecule has 0 bridgehead atoms. The Morgan fingerprint density at radius 3 is 2.72 bits per heavy atom. The molecule has 1 heterocycles. The zero-order valence-electron chi connectivity index (χ0n) is 9.37. The Bertz CT molecular complexity index is 425. The van der Waals surface area contributed by atoms with Crippen LogP contribution in [0.5, 0.6) is 0 Å². The molecule has 7 nitrogen and oxygen atoms in total. The van der Waals surface area contributed by atoms with Crippen molar-refractivity contribution in [2.45, 2.75) is 19.1 Å². The summed E-state index contributed by atoms with van der Waals surface area (Å²) in [5.74, 6) is -1.87. The molecule has 1 rings (SSSR count). The van der Waals surface area contributed by atoms with E-state index in [2.05, 4.69) is 9.15 Å². The fourth-order valence-corrected chi connectivity index (χ4v) is 1.13. The Balaban J connectivity index is 0.00000289. The van der Waals surface area contributed by atoms with Crippen molar-refractivity contribution in [3.05, 3.63) is 28.0 Å². The van der Waals surface area contributed by atoms with Gasteiger partial charge in [0.2, 0.25) is 6.17 Å². The summed E-state index contributed by atoms with van der Waals surface area (Å²) in [7, 11) is 0. The average molecular weight is 283 g/mol. The van der Waals surface area contributed by atoms with Gasteiger partial charge in [-0.3, -0.25) is 10.1 Å². The minimum Gasteiger partial charge on any atom is -0.464 e. The number of hydrogen-bond donors (Lipinski definition) is 1. The van der Waals surface area contributed by atoms with E-state index in [1.807, 2.05) is 0 Å². The van der Waals surface area contributed by atoms with Crippen LogP contribution in [0.25, 0.3) is 0 Å². The highest BCUT2D eigenvalue weighted by molar-refractivity contribution is 5.85. The third kappa shape index (κ3) is 3.67. The first-order valence-corrected chi connectivity index (χ1v) is 4.77. The summed E-state index contributed by atoms with van der Waals surface area (Å²) in [6.07, 6.45) is -2.12. The van der Waals surface area contributed by atoms with E-state index in [1.165, 1.54) is 6.92 Å². The molecule has 0 saturated carbocycles. The van der Waals surface area contributed by atoms with E-state index < -0.39 is 29.0 Å². The molecular weight excluding hydrogens is 271 g/mol. The molecule has 18 heavy (non-hydrogen) atoms. The van der Waals surface area contributed by atoms with Crippen LogP contribution in [0, 0.1) is 10.1 Å². The molecule has 2 N–H and O–H groups in total. The monoisotopic (exact) mass is 282 g/mol. The van der Waals surface area contributed by atoms with Crippen molar-refractivity contribution in [2.24, 2.45) is 5.73 Å². The molecule has 1 aromatic rings. The molecule has 0 fully saturated rings. The number of nitro groups is 1. The Morgan fingerprint density at radius 2 is 2.28 bits per heavy atom. The van der Waals surface area contributed by atoms with Gasteiger partial charge < -0.3 is 14.9 Å². The number of furan rings is 1. The zero-order valence-corrected chi connectivity index (χ0v) is 10.2. The number of rotatable bonds is 5. The zero-order chi connectivity index (χ0) is 13.0. The lowest BCUT2D eigenvalue weighted by atomic mass is 10.1. The van der Waals surface area contributed by atoms with Gasteiger partial charge in [0.05, 0.1) is 12.7 Å². The predicted molar refractivity (Wildman–Crippen MR) is 61.1 cm³/mol. The van der Waals surface area contributed by atoms with Crippen molar-refractivity contribution < 1.29 is 23.3 Å². The number of halogens is 2. The molecular formula is C9H12ClFN2O5. The topological polar surface area (TPSA) is 109 Å². The maximum absolute atomic E-state index is 13.4. The first-order chi connectivity index (χ1) is 7.97. The van der Waals surface area contributed by atoms with Gasteiger partial charge in [-0.15, -0.1) is 12.4 Å². The highest BCUT2D eigenvalue weighted by atomic mass is 35.5. The number of carbonyl (C=O) groups excluding carboxylic acids is 1. The molecule has 1 unspecified atom stereocenters. The van der Waals surface area contributed by atoms with Crippen molar-refractivity contribution in [3.8, 4) is 0 Å². The number of alkyl halides is 1. The minimum absolute atomic E-state index is 0.